The van der Waals surface area contributed by atoms with Crippen LogP contribution >= 0.6 is 0 Å². The van der Waals surface area contributed by atoms with Gasteiger partial charge in [-0.25, -0.2) is 4.79 Å². The molecular formula is C15H12O4. The molecule has 0 amide bonds. The topological polar surface area (TPSA) is 74.6 Å². The Balaban J connectivity index is 2.21. The van der Waals surface area contributed by atoms with E-state index in [9.17, 15) is 14.7 Å². The summed E-state index contributed by atoms with van der Waals surface area (Å²) in [6.07, 6.45) is 0.215. The molecule has 4 nitrogen and oxygen atoms in total. The van der Waals surface area contributed by atoms with Gasteiger partial charge in [0.2, 0.25) is 0 Å². The van der Waals surface area contributed by atoms with E-state index in [0.717, 1.165) is 5.56 Å². The first-order chi connectivity index (χ1) is 9.08. The zero-order chi connectivity index (χ0) is 13.8. The molecule has 0 saturated carbocycles. The Morgan fingerprint density at radius 2 is 1.68 bits per heavy atom. The first-order valence-electron chi connectivity index (χ1n) is 5.71. The predicted octanol–water partition coefficient (Wildman–Crippen LogP) is 2.52. The lowest BCUT2D eigenvalue weighted by Crippen LogP contribution is -2.05. The number of hydrogen-bond donors (Lipinski definition) is 2. The zero-order valence-corrected chi connectivity index (χ0v) is 10.0. The highest BCUT2D eigenvalue weighted by atomic mass is 16.4. The molecule has 0 spiro atoms. The second-order valence-electron chi connectivity index (χ2n) is 4.12. The Labute approximate surface area is 109 Å². The molecule has 96 valence electrons. The number of aromatic hydroxyl groups is 1. The van der Waals surface area contributed by atoms with Crippen molar-refractivity contribution >= 4 is 11.8 Å². The van der Waals surface area contributed by atoms with Gasteiger partial charge in [0.25, 0.3) is 0 Å². The molecule has 2 N–H and O–H groups in total. The standard InChI is InChI=1S/C15H12O4/c16-13(8-10-4-2-1-3-5-10)11-6-7-12(15(18)19)14(17)9-11/h1-7,9,17H,8H2,(H,18,19). The maximum absolute atomic E-state index is 12.0. The van der Waals surface area contributed by atoms with Crippen LogP contribution in [-0.4, -0.2) is 22.0 Å². The Morgan fingerprint density at radius 1 is 1.00 bits per heavy atom. The van der Waals surface area contributed by atoms with Crippen LogP contribution in [0.15, 0.2) is 48.5 Å². The van der Waals surface area contributed by atoms with Gasteiger partial charge in [0, 0.05) is 12.0 Å². The van der Waals surface area contributed by atoms with Crippen molar-refractivity contribution < 1.29 is 19.8 Å². The average Bonchev–Trinajstić information content (AvgIpc) is 2.39. The first-order valence-corrected chi connectivity index (χ1v) is 5.71. The summed E-state index contributed by atoms with van der Waals surface area (Å²) in [4.78, 5) is 22.7. The Bertz CT molecular complexity index is 617. The zero-order valence-electron chi connectivity index (χ0n) is 10.0. The largest absolute Gasteiger partial charge is 0.507 e. The molecule has 19 heavy (non-hydrogen) atoms. The quantitative estimate of drug-likeness (QED) is 0.824. The summed E-state index contributed by atoms with van der Waals surface area (Å²) in [5.74, 6) is -1.79. The van der Waals surface area contributed by atoms with E-state index in [4.69, 9.17) is 5.11 Å². The maximum Gasteiger partial charge on any atom is 0.339 e. The third kappa shape index (κ3) is 2.98. The van der Waals surface area contributed by atoms with Crippen LogP contribution in [-0.2, 0) is 6.42 Å². The maximum atomic E-state index is 12.0. The van der Waals surface area contributed by atoms with Crippen LogP contribution in [0.3, 0.4) is 0 Å². The van der Waals surface area contributed by atoms with E-state index in [1.165, 1.54) is 18.2 Å². The van der Waals surface area contributed by atoms with Gasteiger partial charge in [-0.15, -0.1) is 0 Å². The van der Waals surface area contributed by atoms with E-state index in [0.29, 0.717) is 5.56 Å². The highest BCUT2D eigenvalue weighted by molar-refractivity contribution is 5.99. The predicted molar refractivity (Wildman–Crippen MR) is 69.5 cm³/mol. The molecule has 0 fully saturated rings. The smallest absolute Gasteiger partial charge is 0.339 e. The molecule has 0 saturated heterocycles. The summed E-state index contributed by atoms with van der Waals surface area (Å²) in [7, 11) is 0. The number of phenols is 1. The lowest BCUT2D eigenvalue weighted by atomic mass is 10.0. The Kier molecular flexibility index (Phi) is 3.61. The van der Waals surface area contributed by atoms with Gasteiger partial charge in [-0.3, -0.25) is 4.79 Å². The van der Waals surface area contributed by atoms with Gasteiger partial charge >= 0.3 is 5.97 Å². The highest BCUT2D eigenvalue weighted by Gasteiger charge is 2.13. The van der Waals surface area contributed by atoms with Crippen LogP contribution in [0.4, 0.5) is 0 Å². The molecule has 0 unspecified atom stereocenters. The van der Waals surface area contributed by atoms with E-state index < -0.39 is 11.7 Å². The minimum absolute atomic E-state index is 0.168. The van der Waals surface area contributed by atoms with Crippen LogP contribution in [0, 0.1) is 0 Å². The summed E-state index contributed by atoms with van der Waals surface area (Å²) >= 11 is 0. The van der Waals surface area contributed by atoms with Crippen LogP contribution in [0.1, 0.15) is 26.3 Å². The number of rotatable bonds is 4. The van der Waals surface area contributed by atoms with Gasteiger partial charge in [0.15, 0.2) is 5.78 Å². The summed E-state index contributed by atoms with van der Waals surface area (Å²) in [6, 6.07) is 13.1. The van der Waals surface area contributed by atoms with Crippen LogP contribution in [0.25, 0.3) is 0 Å². The lowest BCUT2D eigenvalue weighted by molar-refractivity contribution is 0.0693. The molecule has 0 heterocycles. The molecular weight excluding hydrogens is 244 g/mol. The Morgan fingerprint density at radius 3 is 2.26 bits per heavy atom. The van der Waals surface area contributed by atoms with E-state index in [1.807, 2.05) is 30.3 Å². The van der Waals surface area contributed by atoms with Gasteiger partial charge in [-0.1, -0.05) is 36.4 Å². The van der Waals surface area contributed by atoms with E-state index in [2.05, 4.69) is 0 Å². The second-order valence-corrected chi connectivity index (χ2v) is 4.12. The number of Topliss-reactive ketones (excluding diaryl/α,β-unsaturated/α-hetero) is 1. The summed E-state index contributed by atoms with van der Waals surface area (Å²) in [6.45, 7) is 0. The fraction of sp³-hybridized carbons (Fsp3) is 0.0667. The molecule has 2 aromatic carbocycles. The van der Waals surface area contributed by atoms with Crippen molar-refractivity contribution in [1.82, 2.24) is 0 Å². The number of carboxylic acids is 1. The summed E-state index contributed by atoms with van der Waals surface area (Å²) < 4.78 is 0. The van der Waals surface area contributed by atoms with E-state index in [1.54, 1.807) is 0 Å². The van der Waals surface area contributed by atoms with Gasteiger partial charge in [0.1, 0.15) is 11.3 Å². The molecule has 0 aromatic heterocycles. The van der Waals surface area contributed by atoms with Crippen molar-refractivity contribution in [1.29, 1.82) is 0 Å². The number of benzene rings is 2. The molecule has 2 rings (SSSR count). The summed E-state index contributed by atoms with van der Waals surface area (Å²) in [5.41, 5.74) is 0.955. The monoisotopic (exact) mass is 256 g/mol. The molecule has 0 aliphatic carbocycles. The second kappa shape index (κ2) is 5.35. The summed E-state index contributed by atoms with van der Waals surface area (Å²) in [5, 5.41) is 18.3. The average molecular weight is 256 g/mol. The van der Waals surface area contributed by atoms with Gasteiger partial charge in [0.05, 0.1) is 0 Å². The van der Waals surface area contributed by atoms with Crippen molar-refractivity contribution in [3.8, 4) is 5.75 Å². The SMILES string of the molecule is O=C(Cc1ccccc1)c1ccc(C(=O)O)c(O)c1. The normalized spacial score (nSPS) is 10.1. The molecule has 0 aliphatic heterocycles. The van der Waals surface area contributed by atoms with Gasteiger partial charge in [-0.2, -0.15) is 0 Å². The van der Waals surface area contributed by atoms with Crippen LogP contribution in [0.2, 0.25) is 0 Å². The van der Waals surface area contributed by atoms with Crippen molar-refractivity contribution in [2.75, 3.05) is 0 Å². The number of carbonyl (C=O) groups is 2. The number of hydrogen-bond acceptors (Lipinski definition) is 3. The van der Waals surface area contributed by atoms with Crippen LogP contribution in [0.5, 0.6) is 5.75 Å². The molecule has 0 aliphatic rings. The lowest BCUT2D eigenvalue weighted by Gasteiger charge is -2.04. The van der Waals surface area contributed by atoms with Crippen molar-refractivity contribution in [3.05, 3.63) is 65.2 Å². The Hall–Kier alpha value is -2.62. The molecule has 2 aromatic rings. The fourth-order valence-electron chi connectivity index (χ4n) is 1.77. The number of aromatic carboxylic acids is 1. The number of ketones is 1. The minimum Gasteiger partial charge on any atom is -0.507 e. The molecule has 4 heteroatoms. The minimum atomic E-state index is -1.22. The van der Waals surface area contributed by atoms with Gasteiger partial charge in [-0.05, 0) is 17.7 Å². The van der Waals surface area contributed by atoms with Crippen LogP contribution < -0.4 is 0 Å². The third-order valence-electron chi connectivity index (χ3n) is 2.76. The first kappa shape index (κ1) is 12.8. The van der Waals surface area contributed by atoms with Crippen molar-refractivity contribution in [2.24, 2.45) is 0 Å². The van der Waals surface area contributed by atoms with Gasteiger partial charge < -0.3 is 10.2 Å². The van der Waals surface area contributed by atoms with Crippen molar-refractivity contribution in [2.45, 2.75) is 6.42 Å². The molecule has 0 atom stereocenters. The number of carbonyl (C=O) groups excluding carboxylic acids is 1. The number of carboxylic acid groups (broad SMARTS) is 1. The fourth-order valence-corrected chi connectivity index (χ4v) is 1.77. The third-order valence-corrected chi connectivity index (χ3v) is 2.76. The van der Waals surface area contributed by atoms with E-state index in [-0.39, 0.29) is 17.8 Å². The molecule has 0 radical (unpaired) electrons. The van der Waals surface area contributed by atoms with E-state index >= 15 is 0 Å². The van der Waals surface area contributed by atoms with Crippen molar-refractivity contribution in [3.63, 3.8) is 0 Å². The highest BCUT2D eigenvalue weighted by Crippen LogP contribution is 2.20. The molecule has 0 bridgehead atoms.